The van der Waals surface area contributed by atoms with Gasteiger partial charge in [0.2, 0.25) is 0 Å². The van der Waals surface area contributed by atoms with Crippen molar-refractivity contribution in [3.05, 3.63) is 12.3 Å². The molecule has 0 amide bonds. The van der Waals surface area contributed by atoms with Crippen LogP contribution in [0.15, 0.2) is 12.3 Å². The van der Waals surface area contributed by atoms with Crippen molar-refractivity contribution in [2.45, 2.75) is 38.8 Å². The number of nitrogens with zero attached hydrogens (tertiary/aromatic N) is 3. The highest BCUT2D eigenvalue weighted by Crippen LogP contribution is 2.13. The Morgan fingerprint density at radius 2 is 2.17 bits per heavy atom. The van der Waals surface area contributed by atoms with Crippen molar-refractivity contribution in [2.75, 3.05) is 32.0 Å². The number of piperidine rings is 1. The van der Waals surface area contributed by atoms with Gasteiger partial charge in [-0.3, -0.25) is 4.68 Å². The van der Waals surface area contributed by atoms with Crippen molar-refractivity contribution in [2.24, 2.45) is 0 Å². The Bertz CT molecular complexity index is 345. The first-order valence-corrected chi connectivity index (χ1v) is 6.91. The van der Waals surface area contributed by atoms with Crippen molar-refractivity contribution in [3.8, 4) is 0 Å². The first-order chi connectivity index (χ1) is 8.78. The maximum Gasteiger partial charge on any atom is 0.145 e. The van der Waals surface area contributed by atoms with Crippen LogP contribution in [-0.4, -0.2) is 47.0 Å². The molecule has 2 heterocycles. The van der Waals surface area contributed by atoms with E-state index in [0.29, 0.717) is 11.9 Å². The third kappa shape index (κ3) is 3.99. The summed E-state index contributed by atoms with van der Waals surface area (Å²) in [5.74, 6) is 0.604. The number of anilines is 1. The van der Waals surface area contributed by atoms with Crippen LogP contribution in [-0.2, 0) is 11.3 Å². The van der Waals surface area contributed by atoms with Gasteiger partial charge in [-0.25, -0.2) is 0 Å². The fourth-order valence-electron chi connectivity index (χ4n) is 2.49. The third-order valence-electron chi connectivity index (χ3n) is 3.46. The lowest BCUT2D eigenvalue weighted by Gasteiger charge is -2.31. The minimum absolute atomic E-state index is 0.483. The number of ether oxygens (including phenoxy) is 1. The van der Waals surface area contributed by atoms with E-state index >= 15 is 0 Å². The molecule has 0 unspecified atom stereocenters. The van der Waals surface area contributed by atoms with Gasteiger partial charge in [-0.2, -0.15) is 5.10 Å². The third-order valence-corrected chi connectivity index (χ3v) is 3.46. The van der Waals surface area contributed by atoms with E-state index in [1.165, 1.54) is 12.8 Å². The van der Waals surface area contributed by atoms with E-state index < -0.39 is 0 Å². The Balaban J connectivity index is 1.60. The first-order valence-electron chi connectivity index (χ1n) is 6.91. The maximum atomic E-state index is 5.65. The van der Waals surface area contributed by atoms with Crippen LogP contribution in [0.5, 0.6) is 0 Å². The fourth-order valence-corrected chi connectivity index (χ4v) is 2.49. The SMILES string of the molecule is CCOC1CCN(CCCn2ccc(N)n2)CC1. The predicted octanol–water partition coefficient (Wildman–Crippen LogP) is 1.36. The zero-order valence-electron chi connectivity index (χ0n) is 11.2. The number of hydrogen-bond donors (Lipinski definition) is 1. The molecule has 0 bridgehead atoms. The van der Waals surface area contributed by atoms with E-state index in [1.54, 1.807) is 0 Å². The fraction of sp³-hybridized carbons (Fsp3) is 0.769. The van der Waals surface area contributed by atoms with Gasteiger partial charge in [0.1, 0.15) is 5.82 Å². The lowest BCUT2D eigenvalue weighted by molar-refractivity contribution is 0.0138. The van der Waals surface area contributed by atoms with E-state index in [-0.39, 0.29) is 0 Å². The largest absolute Gasteiger partial charge is 0.382 e. The van der Waals surface area contributed by atoms with Crippen LogP contribution in [0, 0.1) is 0 Å². The van der Waals surface area contributed by atoms with Crippen LogP contribution in [0.1, 0.15) is 26.2 Å². The van der Waals surface area contributed by atoms with Gasteiger partial charge in [0.05, 0.1) is 6.10 Å². The molecule has 1 aliphatic rings. The van der Waals surface area contributed by atoms with Crippen LogP contribution in [0.25, 0.3) is 0 Å². The van der Waals surface area contributed by atoms with Crippen molar-refractivity contribution < 1.29 is 4.74 Å². The van der Waals surface area contributed by atoms with Crippen molar-refractivity contribution in [1.82, 2.24) is 14.7 Å². The van der Waals surface area contributed by atoms with E-state index in [4.69, 9.17) is 10.5 Å². The van der Waals surface area contributed by atoms with Crippen molar-refractivity contribution >= 4 is 5.82 Å². The molecule has 18 heavy (non-hydrogen) atoms. The second-order valence-corrected chi connectivity index (χ2v) is 4.85. The molecule has 1 aromatic heterocycles. The zero-order valence-corrected chi connectivity index (χ0v) is 11.2. The lowest BCUT2D eigenvalue weighted by Crippen LogP contribution is -2.37. The summed E-state index contributed by atoms with van der Waals surface area (Å²) in [6.45, 7) is 7.31. The monoisotopic (exact) mass is 252 g/mol. The summed E-state index contributed by atoms with van der Waals surface area (Å²) >= 11 is 0. The highest BCUT2D eigenvalue weighted by molar-refractivity contribution is 5.23. The lowest BCUT2D eigenvalue weighted by atomic mass is 10.1. The van der Waals surface area contributed by atoms with Crippen LogP contribution in [0.4, 0.5) is 5.82 Å². The maximum absolute atomic E-state index is 5.65. The molecule has 5 heteroatoms. The number of aryl methyl sites for hydroxylation is 1. The minimum atomic E-state index is 0.483. The molecule has 5 nitrogen and oxygen atoms in total. The summed E-state index contributed by atoms with van der Waals surface area (Å²) in [4.78, 5) is 2.52. The molecule has 0 saturated carbocycles. The molecular formula is C13H24N4O. The quantitative estimate of drug-likeness (QED) is 0.830. The normalized spacial score (nSPS) is 18.3. The summed E-state index contributed by atoms with van der Waals surface area (Å²) in [6, 6.07) is 1.84. The van der Waals surface area contributed by atoms with Crippen molar-refractivity contribution in [3.63, 3.8) is 0 Å². The minimum Gasteiger partial charge on any atom is -0.382 e. The van der Waals surface area contributed by atoms with E-state index in [1.807, 2.05) is 16.9 Å². The van der Waals surface area contributed by atoms with Crippen LogP contribution in [0.2, 0.25) is 0 Å². The number of hydrogen-bond acceptors (Lipinski definition) is 4. The molecule has 0 radical (unpaired) electrons. The van der Waals surface area contributed by atoms with Gasteiger partial charge in [0, 0.05) is 32.4 Å². The van der Waals surface area contributed by atoms with E-state index in [2.05, 4.69) is 16.9 Å². The predicted molar refractivity (Wildman–Crippen MR) is 72.3 cm³/mol. The Labute approximate surface area is 109 Å². The Morgan fingerprint density at radius 1 is 1.39 bits per heavy atom. The molecule has 0 aliphatic carbocycles. The van der Waals surface area contributed by atoms with Crippen LogP contribution < -0.4 is 5.73 Å². The Hall–Kier alpha value is -1.07. The van der Waals surface area contributed by atoms with Crippen LogP contribution >= 0.6 is 0 Å². The molecule has 0 atom stereocenters. The molecule has 1 aromatic rings. The molecule has 0 spiro atoms. The van der Waals surface area contributed by atoms with E-state index in [9.17, 15) is 0 Å². The Morgan fingerprint density at radius 3 is 2.78 bits per heavy atom. The second kappa shape index (κ2) is 6.75. The van der Waals surface area contributed by atoms with Gasteiger partial charge in [0.15, 0.2) is 0 Å². The van der Waals surface area contributed by atoms with Gasteiger partial charge in [0.25, 0.3) is 0 Å². The van der Waals surface area contributed by atoms with Gasteiger partial charge in [-0.1, -0.05) is 0 Å². The summed E-state index contributed by atoms with van der Waals surface area (Å²) in [6.07, 6.45) is 5.89. The molecule has 1 saturated heterocycles. The molecule has 2 N–H and O–H groups in total. The second-order valence-electron chi connectivity index (χ2n) is 4.85. The summed E-state index contributed by atoms with van der Waals surface area (Å²) in [7, 11) is 0. The molecule has 102 valence electrons. The van der Waals surface area contributed by atoms with E-state index in [0.717, 1.165) is 39.2 Å². The van der Waals surface area contributed by atoms with Crippen molar-refractivity contribution in [1.29, 1.82) is 0 Å². The number of nitrogens with two attached hydrogens (primary N) is 1. The summed E-state index contributed by atoms with van der Waals surface area (Å²) in [5, 5.41) is 4.19. The first kappa shape index (κ1) is 13.4. The molecule has 1 aliphatic heterocycles. The average Bonchev–Trinajstić information content (AvgIpc) is 2.78. The molecular weight excluding hydrogens is 228 g/mol. The molecule has 1 fully saturated rings. The smallest absolute Gasteiger partial charge is 0.145 e. The van der Waals surface area contributed by atoms with Gasteiger partial charge in [-0.05, 0) is 38.8 Å². The Kier molecular flexibility index (Phi) is 5.01. The summed E-state index contributed by atoms with van der Waals surface area (Å²) < 4.78 is 7.57. The topological polar surface area (TPSA) is 56.3 Å². The standard InChI is InChI=1S/C13H24N4O/c1-2-18-12-4-9-16(10-5-12)7-3-8-17-11-6-13(14)15-17/h6,11-12H,2-5,7-10H2,1H3,(H2,14,15). The highest BCUT2D eigenvalue weighted by Gasteiger charge is 2.18. The number of aromatic nitrogens is 2. The van der Waals surface area contributed by atoms with Crippen LogP contribution in [0.3, 0.4) is 0 Å². The van der Waals surface area contributed by atoms with Gasteiger partial charge < -0.3 is 15.4 Å². The highest BCUT2D eigenvalue weighted by atomic mass is 16.5. The van der Waals surface area contributed by atoms with Gasteiger partial charge in [-0.15, -0.1) is 0 Å². The molecule has 0 aromatic carbocycles. The summed E-state index contributed by atoms with van der Waals surface area (Å²) in [5.41, 5.74) is 5.58. The zero-order chi connectivity index (χ0) is 12.8. The average molecular weight is 252 g/mol. The number of rotatable bonds is 6. The van der Waals surface area contributed by atoms with Gasteiger partial charge >= 0.3 is 0 Å². The molecule has 2 rings (SSSR count). The number of nitrogen functional groups attached to an aromatic ring is 1. The number of likely N-dealkylation sites (tertiary alicyclic amines) is 1.